The van der Waals surface area contributed by atoms with Crippen LogP contribution < -0.4 is 15.4 Å². The normalized spacial score (nSPS) is 11.1. The van der Waals surface area contributed by atoms with Crippen LogP contribution in [0.4, 0.5) is 11.4 Å². The smallest absolute Gasteiger partial charge is 0.362 e. The van der Waals surface area contributed by atoms with Crippen LogP contribution in [0.25, 0.3) is 23.3 Å². The predicted molar refractivity (Wildman–Crippen MR) is 133 cm³/mol. The molecule has 0 atom stereocenters. The summed E-state index contributed by atoms with van der Waals surface area (Å²) in [6, 6.07) is 13.4. The molecule has 1 heterocycles. The Morgan fingerprint density at radius 1 is 1.10 bits per heavy atom. The molecule has 8 heteroatoms. The van der Waals surface area contributed by atoms with Gasteiger partial charge in [-0.05, 0) is 35.9 Å². The highest BCUT2D eigenvalue weighted by Crippen LogP contribution is 2.19. The van der Waals surface area contributed by atoms with Gasteiger partial charge in [0.1, 0.15) is 17.8 Å². The average Bonchev–Trinajstić information content (AvgIpc) is 2.77. The van der Waals surface area contributed by atoms with Gasteiger partial charge in [-0.1, -0.05) is 40.8 Å². The first-order chi connectivity index (χ1) is 14.9. The van der Waals surface area contributed by atoms with Crippen molar-refractivity contribution in [3.05, 3.63) is 64.1 Å². The highest BCUT2D eigenvalue weighted by atomic mass is 127. The number of hydrogen-bond acceptors (Lipinski definition) is 7. The molecule has 0 saturated carbocycles. The molecule has 0 aliphatic heterocycles. The minimum Gasteiger partial charge on any atom is -0.463 e. The number of carbonyl (C=O) groups excluding carboxylic acids is 1. The third-order valence-electron chi connectivity index (χ3n) is 4.68. The summed E-state index contributed by atoms with van der Waals surface area (Å²) >= 11 is 1.98. The third kappa shape index (κ3) is 6.06. The van der Waals surface area contributed by atoms with E-state index in [-0.39, 0.29) is 11.7 Å². The molecule has 0 N–H and O–H groups in total. The number of halogens is 1. The maximum atomic E-state index is 12.3. The lowest BCUT2D eigenvalue weighted by atomic mass is 10.1. The quantitative estimate of drug-likeness (QED) is 0.248. The Labute approximate surface area is 194 Å². The minimum absolute atomic E-state index is 0.209. The molecule has 2 aromatic carbocycles. The number of fused-ring (bicyclic) bond motifs is 1. The van der Waals surface area contributed by atoms with E-state index >= 15 is 0 Å². The molecule has 0 fully saturated rings. The fraction of sp³-hybridized carbons (Fsp3) is 0.261. The number of esters is 1. The summed E-state index contributed by atoms with van der Waals surface area (Å²) in [6.07, 6.45) is 3.48. The number of alkyl halides is 1. The van der Waals surface area contributed by atoms with Gasteiger partial charge in [-0.25, -0.2) is 9.78 Å². The molecule has 1 aromatic heterocycles. The highest BCUT2D eigenvalue weighted by molar-refractivity contribution is 14.1. The van der Waals surface area contributed by atoms with Crippen LogP contribution >= 0.6 is 22.6 Å². The van der Waals surface area contributed by atoms with E-state index < -0.39 is 5.63 Å². The molecule has 3 aromatic rings. The molecule has 0 unspecified atom stereocenters. The second-order valence-corrected chi connectivity index (χ2v) is 7.90. The Bertz CT molecular complexity index is 1140. The summed E-state index contributed by atoms with van der Waals surface area (Å²) < 4.78 is 10.9. The summed E-state index contributed by atoms with van der Waals surface area (Å²) in [4.78, 5) is 31.9. The van der Waals surface area contributed by atoms with Crippen LogP contribution in [0, 0.1) is 0 Å². The summed E-state index contributed by atoms with van der Waals surface area (Å²) in [5.41, 5.74) is 3.74. The van der Waals surface area contributed by atoms with E-state index in [0.717, 1.165) is 16.9 Å². The van der Waals surface area contributed by atoms with E-state index in [1.165, 1.54) is 0 Å². The number of ether oxygens (including phenoxy) is 1. The van der Waals surface area contributed by atoms with Gasteiger partial charge in [0.05, 0.1) is 11.0 Å². The van der Waals surface area contributed by atoms with E-state index in [1.807, 2.05) is 96.0 Å². The monoisotopic (exact) mass is 533 g/mol. The summed E-state index contributed by atoms with van der Waals surface area (Å²) in [7, 11) is 5.79. The maximum Gasteiger partial charge on any atom is 0.362 e. The van der Waals surface area contributed by atoms with E-state index in [0.29, 0.717) is 28.7 Å². The van der Waals surface area contributed by atoms with E-state index in [9.17, 15) is 9.59 Å². The predicted octanol–water partition coefficient (Wildman–Crippen LogP) is 3.84. The van der Waals surface area contributed by atoms with E-state index in [2.05, 4.69) is 4.98 Å². The van der Waals surface area contributed by atoms with Crippen molar-refractivity contribution >= 4 is 63.2 Å². The van der Waals surface area contributed by atoms with Gasteiger partial charge >= 0.3 is 11.6 Å². The van der Waals surface area contributed by atoms with Crippen LogP contribution in [0.5, 0.6) is 0 Å². The lowest BCUT2D eigenvalue weighted by molar-refractivity contribution is -0.139. The molecule has 0 radical (unpaired) electrons. The number of aromatic nitrogens is 1. The Kier molecular flexibility index (Phi) is 7.67. The molecule has 0 amide bonds. The zero-order chi connectivity index (χ0) is 22.4. The van der Waals surface area contributed by atoms with Crippen LogP contribution in [0.3, 0.4) is 0 Å². The summed E-state index contributed by atoms with van der Waals surface area (Å²) in [6.45, 7) is 0.953. The van der Waals surface area contributed by atoms with Crippen LogP contribution in [-0.4, -0.2) is 49.7 Å². The molecule has 0 aliphatic rings. The average molecular weight is 533 g/mol. The second-order valence-electron chi connectivity index (χ2n) is 7.13. The van der Waals surface area contributed by atoms with Crippen molar-refractivity contribution < 1.29 is 13.9 Å². The summed E-state index contributed by atoms with van der Waals surface area (Å²) in [5.74, 6) is -0.209. The van der Waals surface area contributed by atoms with Gasteiger partial charge in [-0.2, -0.15) is 0 Å². The molecular weight excluding hydrogens is 509 g/mol. The van der Waals surface area contributed by atoms with Gasteiger partial charge in [0.2, 0.25) is 0 Å². The van der Waals surface area contributed by atoms with Gasteiger partial charge in [-0.15, -0.1) is 0 Å². The highest BCUT2D eigenvalue weighted by Gasteiger charge is 2.07. The second kappa shape index (κ2) is 10.4. The molecule has 0 spiro atoms. The number of benzene rings is 2. The first-order valence-corrected chi connectivity index (χ1v) is 11.2. The molecular formula is C23H24IN3O4. The Balaban J connectivity index is 1.69. The molecule has 0 bridgehead atoms. The lowest BCUT2D eigenvalue weighted by Crippen LogP contribution is -2.24. The fourth-order valence-electron chi connectivity index (χ4n) is 2.87. The SMILES string of the molecule is CN(C)c1ccc2nc(C=Cc3ccc(N(C)CCOC(=O)CI)cc3)c(=O)oc2c1. The number of nitrogens with zero attached hydrogens (tertiary/aromatic N) is 3. The Morgan fingerprint density at radius 3 is 2.48 bits per heavy atom. The first-order valence-electron chi connectivity index (χ1n) is 9.70. The van der Waals surface area contributed by atoms with Gasteiger partial charge in [0, 0.05) is 38.6 Å². The van der Waals surface area contributed by atoms with Crippen LogP contribution in [0.2, 0.25) is 0 Å². The zero-order valence-electron chi connectivity index (χ0n) is 17.7. The van der Waals surface area contributed by atoms with Crippen molar-refractivity contribution in [3.63, 3.8) is 0 Å². The third-order valence-corrected chi connectivity index (χ3v) is 5.30. The van der Waals surface area contributed by atoms with Crippen molar-refractivity contribution in [1.82, 2.24) is 4.98 Å². The molecule has 0 aliphatic carbocycles. The number of carbonyl (C=O) groups is 1. The van der Waals surface area contributed by atoms with Crippen LogP contribution in [0.15, 0.2) is 51.7 Å². The molecule has 162 valence electrons. The summed E-state index contributed by atoms with van der Waals surface area (Å²) in [5, 5.41) is 0. The van der Waals surface area contributed by atoms with Gasteiger partial charge in [-0.3, -0.25) is 4.79 Å². The van der Waals surface area contributed by atoms with Crippen molar-refractivity contribution in [2.24, 2.45) is 0 Å². The van der Waals surface area contributed by atoms with E-state index in [1.54, 1.807) is 12.1 Å². The topological polar surface area (TPSA) is 75.9 Å². The number of anilines is 2. The van der Waals surface area contributed by atoms with Crippen LogP contribution in [0.1, 0.15) is 11.3 Å². The van der Waals surface area contributed by atoms with Gasteiger partial charge in [0.25, 0.3) is 0 Å². The van der Waals surface area contributed by atoms with Crippen molar-refractivity contribution in [1.29, 1.82) is 0 Å². The number of likely N-dealkylation sites (N-methyl/N-ethyl adjacent to an activating group) is 1. The minimum atomic E-state index is -0.475. The first kappa shape index (κ1) is 22.8. The maximum absolute atomic E-state index is 12.3. The number of hydrogen-bond donors (Lipinski definition) is 0. The van der Waals surface area contributed by atoms with Crippen molar-refractivity contribution in [2.75, 3.05) is 48.5 Å². The molecule has 31 heavy (non-hydrogen) atoms. The number of rotatable bonds is 8. The Morgan fingerprint density at radius 2 is 1.81 bits per heavy atom. The van der Waals surface area contributed by atoms with Gasteiger partial charge in [0.15, 0.2) is 5.58 Å². The molecule has 3 rings (SSSR count). The lowest BCUT2D eigenvalue weighted by Gasteiger charge is -2.19. The standard InChI is InChI=1S/C23H24IN3O4/c1-26(2)18-9-11-19-21(14-18)31-23(29)20(25-19)10-6-16-4-7-17(8-5-16)27(3)12-13-30-22(28)15-24/h4-11,14H,12-13,15H2,1-3H3. The van der Waals surface area contributed by atoms with Crippen molar-refractivity contribution in [3.8, 4) is 0 Å². The largest absolute Gasteiger partial charge is 0.463 e. The van der Waals surface area contributed by atoms with Crippen LogP contribution in [-0.2, 0) is 9.53 Å². The van der Waals surface area contributed by atoms with E-state index in [4.69, 9.17) is 9.15 Å². The van der Waals surface area contributed by atoms with Gasteiger partial charge < -0.3 is 19.0 Å². The molecule has 7 nitrogen and oxygen atoms in total. The zero-order valence-corrected chi connectivity index (χ0v) is 19.8. The Hall–Kier alpha value is -2.88. The molecule has 0 saturated heterocycles. The fourth-order valence-corrected chi connectivity index (χ4v) is 3.09. The van der Waals surface area contributed by atoms with Crippen molar-refractivity contribution in [2.45, 2.75) is 0 Å².